The molecule has 2 aromatic heterocycles. The average molecular weight is 317 g/mol. The van der Waals surface area contributed by atoms with Crippen LogP contribution in [0.15, 0.2) is 14.8 Å². The van der Waals surface area contributed by atoms with Crippen molar-refractivity contribution in [2.75, 3.05) is 0 Å². The lowest BCUT2D eigenvalue weighted by atomic mass is 10.3. The molecule has 0 amide bonds. The van der Waals surface area contributed by atoms with Crippen LogP contribution in [0.5, 0.6) is 0 Å². The number of carboxylic acids is 1. The quantitative estimate of drug-likeness (QED) is 0.840. The number of nitrogens with zero attached hydrogens (tertiary/aromatic N) is 2. The Morgan fingerprint density at radius 1 is 1.50 bits per heavy atom. The number of hydrogen-bond acceptors (Lipinski definition) is 7. The maximum absolute atomic E-state index is 12.2. The Bertz CT molecular complexity index is 747. The van der Waals surface area contributed by atoms with Crippen LogP contribution in [0.3, 0.4) is 0 Å². The van der Waals surface area contributed by atoms with Gasteiger partial charge in [0, 0.05) is 0 Å². The molecule has 2 aromatic rings. The van der Waals surface area contributed by atoms with Gasteiger partial charge in [-0.15, -0.1) is 11.3 Å². The van der Waals surface area contributed by atoms with E-state index in [1.165, 1.54) is 12.3 Å². The smallest absolute Gasteiger partial charge is 0.347 e. The van der Waals surface area contributed by atoms with E-state index in [9.17, 15) is 13.2 Å². The normalized spacial score (nSPS) is 11.7. The number of hydrogen-bond donors (Lipinski definition) is 2. The molecule has 0 unspecified atom stereocenters. The molecule has 0 saturated heterocycles. The minimum Gasteiger partial charge on any atom is -0.477 e. The van der Waals surface area contributed by atoms with Crippen LogP contribution in [0.2, 0.25) is 0 Å². The fourth-order valence-corrected chi connectivity index (χ4v) is 4.16. The van der Waals surface area contributed by atoms with E-state index < -0.39 is 16.0 Å². The first-order chi connectivity index (χ1) is 9.31. The SMILES string of the molecule is Cc1noc(CNS(=O)(=O)c2c(C)csc2C(=O)O)n1. The number of carbonyl (C=O) groups is 1. The van der Waals surface area contributed by atoms with Gasteiger partial charge in [-0.1, -0.05) is 5.16 Å². The van der Waals surface area contributed by atoms with Crippen molar-refractivity contribution in [2.24, 2.45) is 0 Å². The monoisotopic (exact) mass is 317 g/mol. The summed E-state index contributed by atoms with van der Waals surface area (Å²) in [6, 6.07) is 0. The first-order valence-electron chi connectivity index (χ1n) is 5.41. The zero-order valence-corrected chi connectivity index (χ0v) is 12.2. The van der Waals surface area contributed by atoms with Crippen molar-refractivity contribution in [3.05, 3.63) is 27.5 Å². The zero-order chi connectivity index (χ0) is 14.9. The molecule has 2 rings (SSSR count). The van der Waals surface area contributed by atoms with Gasteiger partial charge in [-0.2, -0.15) is 4.98 Å². The van der Waals surface area contributed by atoms with Gasteiger partial charge in [0.05, 0.1) is 6.54 Å². The van der Waals surface area contributed by atoms with E-state index >= 15 is 0 Å². The number of aromatic carboxylic acids is 1. The van der Waals surface area contributed by atoms with Crippen molar-refractivity contribution in [3.8, 4) is 0 Å². The predicted molar refractivity (Wildman–Crippen MR) is 69.1 cm³/mol. The standard InChI is InChI=1S/C10H11N3O5S2/c1-5-4-19-8(10(14)15)9(5)20(16,17)11-3-7-12-6(2)13-18-7/h4,11H,3H2,1-2H3,(H,14,15). The number of carboxylic acid groups (broad SMARTS) is 1. The fraction of sp³-hybridized carbons (Fsp3) is 0.300. The van der Waals surface area contributed by atoms with Crippen LogP contribution < -0.4 is 4.72 Å². The molecule has 8 nitrogen and oxygen atoms in total. The van der Waals surface area contributed by atoms with Crippen LogP contribution in [-0.4, -0.2) is 29.6 Å². The summed E-state index contributed by atoms with van der Waals surface area (Å²) in [5.41, 5.74) is 0.376. The summed E-state index contributed by atoms with van der Waals surface area (Å²) < 4.78 is 31.4. The molecule has 0 aliphatic heterocycles. The molecule has 0 radical (unpaired) electrons. The minimum atomic E-state index is -3.96. The molecular weight excluding hydrogens is 306 g/mol. The van der Waals surface area contributed by atoms with Gasteiger partial charge in [0.15, 0.2) is 5.82 Å². The van der Waals surface area contributed by atoms with Gasteiger partial charge >= 0.3 is 5.97 Å². The third kappa shape index (κ3) is 2.86. The largest absolute Gasteiger partial charge is 0.477 e. The van der Waals surface area contributed by atoms with E-state index in [-0.39, 0.29) is 22.2 Å². The first-order valence-corrected chi connectivity index (χ1v) is 7.78. The van der Waals surface area contributed by atoms with Gasteiger partial charge in [0.2, 0.25) is 15.9 Å². The van der Waals surface area contributed by atoms with Crippen molar-refractivity contribution in [3.63, 3.8) is 0 Å². The predicted octanol–water partition coefficient (Wildman–Crippen LogP) is 0.925. The second kappa shape index (κ2) is 5.31. The third-order valence-electron chi connectivity index (χ3n) is 2.36. The summed E-state index contributed by atoms with van der Waals surface area (Å²) in [5.74, 6) is -0.787. The van der Waals surface area contributed by atoms with Crippen LogP contribution in [-0.2, 0) is 16.6 Å². The molecule has 0 saturated carbocycles. The van der Waals surface area contributed by atoms with E-state index in [2.05, 4.69) is 14.9 Å². The van der Waals surface area contributed by atoms with Crippen LogP contribution in [0.25, 0.3) is 0 Å². The van der Waals surface area contributed by atoms with Crippen molar-refractivity contribution < 1.29 is 22.8 Å². The highest BCUT2D eigenvalue weighted by atomic mass is 32.2. The number of rotatable bonds is 5. The molecule has 0 spiro atoms. The highest BCUT2D eigenvalue weighted by Crippen LogP contribution is 2.26. The molecule has 0 fully saturated rings. The molecule has 2 N–H and O–H groups in total. The molecule has 0 aromatic carbocycles. The maximum Gasteiger partial charge on any atom is 0.347 e. The molecule has 2 heterocycles. The first kappa shape index (κ1) is 14.6. The van der Waals surface area contributed by atoms with E-state index in [4.69, 9.17) is 9.63 Å². The summed E-state index contributed by atoms with van der Waals surface area (Å²) in [4.78, 5) is 14.4. The minimum absolute atomic E-state index is 0.107. The average Bonchev–Trinajstić information content (AvgIpc) is 2.93. The van der Waals surface area contributed by atoms with Crippen LogP contribution >= 0.6 is 11.3 Å². The second-order valence-electron chi connectivity index (χ2n) is 3.94. The number of aromatic nitrogens is 2. The van der Waals surface area contributed by atoms with Gasteiger partial charge in [-0.25, -0.2) is 17.9 Å². The summed E-state index contributed by atoms with van der Waals surface area (Å²) in [5, 5.41) is 14.0. The fourth-order valence-electron chi connectivity index (χ4n) is 1.56. The van der Waals surface area contributed by atoms with Crippen LogP contribution in [0.1, 0.15) is 27.0 Å². The Balaban J connectivity index is 2.27. The topological polar surface area (TPSA) is 122 Å². The van der Waals surface area contributed by atoms with Gasteiger partial charge in [-0.3, -0.25) is 0 Å². The zero-order valence-electron chi connectivity index (χ0n) is 10.6. The molecule has 0 aliphatic carbocycles. The van der Waals surface area contributed by atoms with Crippen molar-refractivity contribution in [2.45, 2.75) is 25.3 Å². The number of thiophene rings is 1. The Hall–Kier alpha value is -1.78. The van der Waals surface area contributed by atoms with Crippen molar-refractivity contribution in [1.82, 2.24) is 14.9 Å². The number of nitrogens with one attached hydrogen (secondary N) is 1. The molecule has 0 atom stereocenters. The summed E-state index contributed by atoms with van der Waals surface area (Å²) >= 11 is 0.867. The second-order valence-corrected chi connectivity index (χ2v) is 6.53. The van der Waals surface area contributed by atoms with Crippen LogP contribution in [0, 0.1) is 13.8 Å². The Kier molecular flexibility index (Phi) is 3.88. The molecule has 20 heavy (non-hydrogen) atoms. The lowest BCUT2D eigenvalue weighted by Crippen LogP contribution is -2.25. The summed E-state index contributed by atoms with van der Waals surface area (Å²) in [7, 11) is -3.96. The lowest BCUT2D eigenvalue weighted by Gasteiger charge is -2.05. The Morgan fingerprint density at radius 2 is 2.20 bits per heavy atom. The van der Waals surface area contributed by atoms with Gasteiger partial charge in [-0.05, 0) is 24.8 Å². The number of sulfonamides is 1. The van der Waals surface area contributed by atoms with Crippen molar-refractivity contribution >= 4 is 27.3 Å². The van der Waals surface area contributed by atoms with Gasteiger partial charge in [0.1, 0.15) is 9.77 Å². The van der Waals surface area contributed by atoms with E-state index in [1.807, 2.05) is 0 Å². The molecule has 10 heteroatoms. The maximum atomic E-state index is 12.2. The van der Waals surface area contributed by atoms with Crippen molar-refractivity contribution in [1.29, 1.82) is 0 Å². The lowest BCUT2D eigenvalue weighted by molar-refractivity contribution is 0.0698. The molecule has 0 bridgehead atoms. The molecular formula is C10H11N3O5S2. The highest BCUT2D eigenvalue weighted by molar-refractivity contribution is 7.89. The van der Waals surface area contributed by atoms with E-state index in [0.29, 0.717) is 11.4 Å². The highest BCUT2D eigenvalue weighted by Gasteiger charge is 2.27. The Morgan fingerprint density at radius 3 is 2.75 bits per heavy atom. The van der Waals surface area contributed by atoms with E-state index in [0.717, 1.165) is 11.3 Å². The third-order valence-corrected chi connectivity index (χ3v) is 5.17. The molecule has 108 valence electrons. The number of aryl methyl sites for hydroxylation is 2. The van der Waals surface area contributed by atoms with Crippen LogP contribution in [0.4, 0.5) is 0 Å². The summed E-state index contributed by atoms with van der Waals surface area (Å²) in [6.07, 6.45) is 0. The Labute approximate surface area is 118 Å². The van der Waals surface area contributed by atoms with Gasteiger partial charge in [0.25, 0.3) is 0 Å². The van der Waals surface area contributed by atoms with Gasteiger partial charge < -0.3 is 9.63 Å². The van der Waals surface area contributed by atoms with E-state index in [1.54, 1.807) is 6.92 Å². The summed E-state index contributed by atoms with van der Waals surface area (Å²) in [6.45, 7) is 2.94. The molecule has 0 aliphatic rings.